The van der Waals surface area contributed by atoms with Crippen molar-refractivity contribution in [3.05, 3.63) is 0 Å². The minimum Gasteiger partial charge on any atom is -0.449 e. The lowest BCUT2D eigenvalue weighted by Crippen LogP contribution is -2.44. The molecule has 17 heavy (non-hydrogen) atoms. The number of nitrogens with one attached hydrogen (secondary N) is 2. The van der Waals surface area contributed by atoms with Crippen molar-refractivity contribution >= 4 is 27.9 Å². The van der Waals surface area contributed by atoms with E-state index < -0.39 is 16.3 Å². The summed E-state index contributed by atoms with van der Waals surface area (Å²) in [4.78, 5) is 10.9. The van der Waals surface area contributed by atoms with E-state index in [0.29, 0.717) is 12.3 Å². The smallest absolute Gasteiger partial charge is 0.421 e. The standard InChI is InChI=1S/C9H19ClN2O4S/c1-4-16-8(13)12-17(14,15)11-7-9(2,3)5-6-10/h11H,4-7H2,1-3H3,(H,12,13). The second-order valence-electron chi connectivity index (χ2n) is 4.25. The molecule has 0 saturated heterocycles. The third-order valence-corrected chi connectivity index (χ3v) is 3.15. The van der Waals surface area contributed by atoms with Gasteiger partial charge in [-0.3, -0.25) is 0 Å². The van der Waals surface area contributed by atoms with Crippen LogP contribution in [0.4, 0.5) is 4.79 Å². The Morgan fingerprint density at radius 1 is 1.41 bits per heavy atom. The Morgan fingerprint density at radius 3 is 2.47 bits per heavy atom. The van der Waals surface area contributed by atoms with Gasteiger partial charge in [-0.2, -0.15) is 13.1 Å². The van der Waals surface area contributed by atoms with Crippen molar-refractivity contribution in [1.82, 2.24) is 9.44 Å². The van der Waals surface area contributed by atoms with Gasteiger partial charge in [0.15, 0.2) is 0 Å². The lowest BCUT2D eigenvalue weighted by molar-refractivity contribution is 0.158. The Bertz CT molecular complexity index is 343. The summed E-state index contributed by atoms with van der Waals surface area (Å²) in [5.74, 6) is 0.444. The summed E-state index contributed by atoms with van der Waals surface area (Å²) in [7, 11) is -3.87. The summed E-state index contributed by atoms with van der Waals surface area (Å²) in [5.41, 5.74) is -0.273. The maximum Gasteiger partial charge on any atom is 0.421 e. The van der Waals surface area contributed by atoms with Crippen LogP contribution in [0.5, 0.6) is 0 Å². The minimum absolute atomic E-state index is 0.110. The Kier molecular flexibility index (Phi) is 6.81. The largest absolute Gasteiger partial charge is 0.449 e. The van der Waals surface area contributed by atoms with Gasteiger partial charge in [-0.1, -0.05) is 13.8 Å². The summed E-state index contributed by atoms with van der Waals surface area (Å²) in [6.45, 7) is 5.64. The number of rotatable bonds is 7. The maximum absolute atomic E-state index is 11.4. The fourth-order valence-electron chi connectivity index (χ4n) is 0.941. The maximum atomic E-state index is 11.4. The summed E-state index contributed by atoms with van der Waals surface area (Å²) in [6, 6.07) is 0. The zero-order chi connectivity index (χ0) is 13.5. The van der Waals surface area contributed by atoms with E-state index in [1.807, 2.05) is 13.8 Å². The van der Waals surface area contributed by atoms with E-state index in [1.54, 1.807) is 11.6 Å². The summed E-state index contributed by atoms with van der Waals surface area (Å²) in [6.07, 6.45) is -0.327. The van der Waals surface area contributed by atoms with Gasteiger partial charge in [-0.05, 0) is 18.8 Å². The predicted molar refractivity (Wildman–Crippen MR) is 66.2 cm³/mol. The molecule has 0 spiro atoms. The van der Waals surface area contributed by atoms with E-state index in [0.717, 1.165) is 0 Å². The van der Waals surface area contributed by atoms with Gasteiger partial charge in [0.25, 0.3) is 0 Å². The molecule has 0 aromatic heterocycles. The van der Waals surface area contributed by atoms with Gasteiger partial charge in [0, 0.05) is 12.4 Å². The van der Waals surface area contributed by atoms with Gasteiger partial charge in [-0.15, -0.1) is 11.6 Å². The van der Waals surface area contributed by atoms with Crippen LogP contribution < -0.4 is 9.44 Å². The van der Waals surface area contributed by atoms with Crippen molar-refractivity contribution in [2.24, 2.45) is 5.41 Å². The molecule has 0 aromatic carbocycles. The normalized spacial score (nSPS) is 12.2. The molecule has 0 atom stereocenters. The third kappa shape index (κ3) is 8.23. The lowest BCUT2D eigenvalue weighted by atomic mass is 9.91. The zero-order valence-corrected chi connectivity index (χ0v) is 11.8. The molecule has 6 nitrogen and oxygen atoms in total. The number of carbonyl (C=O) groups is 1. The second-order valence-corrected chi connectivity index (χ2v) is 6.13. The Hall–Kier alpha value is -0.530. The molecule has 0 fully saturated rings. The average molecular weight is 287 g/mol. The van der Waals surface area contributed by atoms with Gasteiger partial charge in [0.2, 0.25) is 0 Å². The van der Waals surface area contributed by atoms with Crippen molar-refractivity contribution in [3.8, 4) is 0 Å². The predicted octanol–water partition coefficient (Wildman–Crippen LogP) is 1.22. The van der Waals surface area contributed by atoms with Gasteiger partial charge in [0.1, 0.15) is 0 Å². The average Bonchev–Trinajstić information content (AvgIpc) is 2.15. The Labute approximate surface area is 107 Å². The van der Waals surface area contributed by atoms with Gasteiger partial charge >= 0.3 is 16.3 Å². The van der Waals surface area contributed by atoms with Crippen molar-refractivity contribution < 1.29 is 17.9 Å². The first-order valence-electron chi connectivity index (χ1n) is 5.22. The fraction of sp³-hybridized carbons (Fsp3) is 0.889. The number of carbonyl (C=O) groups excluding carboxylic acids is 1. The highest BCUT2D eigenvalue weighted by Crippen LogP contribution is 2.19. The van der Waals surface area contributed by atoms with Crippen LogP contribution in [0.3, 0.4) is 0 Å². The first-order chi connectivity index (χ1) is 7.72. The highest BCUT2D eigenvalue weighted by molar-refractivity contribution is 7.88. The molecule has 0 radical (unpaired) electrons. The van der Waals surface area contributed by atoms with Crippen LogP contribution in [0.15, 0.2) is 0 Å². The summed E-state index contributed by atoms with van der Waals surface area (Å²) < 4.78 is 31.3. The molecule has 102 valence electrons. The van der Waals surface area contributed by atoms with Crippen LogP contribution in [0.25, 0.3) is 0 Å². The SMILES string of the molecule is CCOC(=O)NS(=O)(=O)NCC(C)(C)CCCl. The van der Waals surface area contributed by atoms with Crippen molar-refractivity contribution in [1.29, 1.82) is 0 Å². The monoisotopic (exact) mass is 286 g/mol. The third-order valence-electron chi connectivity index (χ3n) is 2.01. The molecule has 0 unspecified atom stereocenters. The van der Waals surface area contributed by atoms with Crippen LogP contribution in [0, 0.1) is 5.41 Å². The van der Waals surface area contributed by atoms with E-state index in [4.69, 9.17) is 11.6 Å². The topological polar surface area (TPSA) is 84.5 Å². The molecular weight excluding hydrogens is 268 g/mol. The van der Waals surface area contributed by atoms with Crippen LogP contribution in [-0.4, -0.2) is 33.5 Å². The van der Waals surface area contributed by atoms with Crippen LogP contribution in [0.2, 0.25) is 0 Å². The van der Waals surface area contributed by atoms with Gasteiger partial charge in [-0.25, -0.2) is 9.52 Å². The van der Waals surface area contributed by atoms with Gasteiger partial charge in [0.05, 0.1) is 6.61 Å². The summed E-state index contributed by atoms with van der Waals surface area (Å²) >= 11 is 5.59. The quantitative estimate of drug-likeness (QED) is 0.689. The van der Waals surface area contributed by atoms with E-state index in [1.165, 1.54) is 0 Å². The number of halogens is 1. The number of alkyl halides is 1. The first kappa shape index (κ1) is 16.5. The molecule has 0 heterocycles. The van der Waals surface area contributed by atoms with Gasteiger partial charge < -0.3 is 4.74 Å². The number of ether oxygens (including phenoxy) is 1. The van der Waals surface area contributed by atoms with Crippen molar-refractivity contribution in [3.63, 3.8) is 0 Å². The fourth-order valence-corrected chi connectivity index (χ4v) is 2.38. The highest BCUT2D eigenvalue weighted by Gasteiger charge is 2.22. The van der Waals surface area contributed by atoms with Crippen molar-refractivity contribution in [2.45, 2.75) is 27.2 Å². The van der Waals surface area contributed by atoms with Crippen LogP contribution in [-0.2, 0) is 14.9 Å². The van der Waals surface area contributed by atoms with Crippen molar-refractivity contribution in [2.75, 3.05) is 19.0 Å². The van der Waals surface area contributed by atoms with E-state index in [-0.39, 0.29) is 18.6 Å². The van der Waals surface area contributed by atoms with E-state index >= 15 is 0 Å². The summed E-state index contributed by atoms with van der Waals surface area (Å²) in [5, 5.41) is 0. The molecule has 0 aliphatic heterocycles. The number of amides is 1. The van der Waals surface area contributed by atoms with E-state index in [9.17, 15) is 13.2 Å². The molecule has 0 bridgehead atoms. The minimum atomic E-state index is -3.87. The zero-order valence-electron chi connectivity index (χ0n) is 10.2. The molecule has 0 aliphatic rings. The molecular formula is C9H19ClN2O4S. The van der Waals surface area contributed by atoms with Crippen LogP contribution >= 0.6 is 11.6 Å². The molecule has 0 rings (SSSR count). The second kappa shape index (κ2) is 7.03. The molecule has 1 amide bonds. The van der Waals surface area contributed by atoms with Crippen LogP contribution in [0.1, 0.15) is 27.2 Å². The Balaban J connectivity index is 4.23. The molecule has 8 heteroatoms. The molecule has 0 aromatic rings. The molecule has 2 N–H and O–H groups in total. The first-order valence-corrected chi connectivity index (χ1v) is 7.24. The highest BCUT2D eigenvalue weighted by atomic mass is 35.5. The molecule has 0 aliphatic carbocycles. The number of hydrogen-bond donors (Lipinski definition) is 2. The molecule has 0 saturated carbocycles. The number of hydrogen-bond acceptors (Lipinski definition) is 4. The van der Waals surface area contributed by atoms with E-state index in [2.05, 4.69) is 9.46 Å². The lowest BCUT2D eigenvalue weighted by Gasteiger charge is -2.23. The Morgan fingerprint density at radius 2 is 2.00 bits per heavy atom.